The molecule has 5 rings (SSSR count). The highest BCUT2D eigenvalue weighted by atomic mass is 16.6. The maximum Gasteiger partial charge on any atom is 0.413 e. The number of carbonyl (C=O) groups excluding carboxylic acids is 2. The Labute approximate surface area is 174 Å². The molecule has 2 aliphatic carbocycles. The number of ether oxygens (including phenoxy) is 3. The number of aliphatic hydroxyl groups is 1. The van der Waals surface area contributed by atoms with Gasteiger partial charge in [-0.25, -0.2) is 9.59 Å². The summed E-state index contributed by atoms with van der Waals surface area (Å²) in [7, 11) is 3.39. The van der Waals surface area contributed by atoms with E-state index >= 15 is 0 Å². The first-order chi connectivity index (χ1) is 14.4. The maximum absolute atomic E-state index is 12.6. The molecule has 2 heterocycles. The molecule has 3 atom stereocenters. The summed E-state index contributed by atoms with van der Waals surface area (Å²) in [5, 5.41) is 12.8. The van der Waals surface area contributed by atoms with Gasteiger partial charge in [0.15, 0.2) is 11.5 Å². The Bertz CT molecular complexity index is 940. The molecule has 1 aromatic carbocycles. The van der Waals surface area contributed by atoms with E-state index in [-0.39, 0.29) is 11.5 Å². The van der Waals surface area contributed by atoms with Crippen LogP contribution < -0.4 is 14.8 Å². The lowest BCUT2D eigenvalue weighted by molar-refractivity contribution is -0.144. The highest BCUT2D eigenvalue weighted by molar-refractivity contribution is 5.89. The number of aliphatic hydroxyl groups excluding tert-OH is 1. The molecule has 1 saturated carbocycles. The first-order valence-electron chi connectivity index (χ1n) is 10.3. The second-order valence-electron chi connectivity index (χ2n) is 8.81. The average Bonchev–Trinajstić information content (AvgIpc) is 3.44. The summed E-state index contributed by atoms with van der Waals surface area (Å²) in [4.78, 5) is 26.7. The van der Waals surface area contributed by atoms with E-state index in [2.05, 4.69) is 23.3 Å². The van der Waals surface area contributed by atoms with Crippen molar-refractivity contribution < 1.29 is 28.9 Å². The number of methoxy groups -OCH3 is 1. The number of hydrogen-bond acceptors (Lipinski definition) is 7. The molecule has 2 aliphatic heterocycles. The van der Waals surface area contributed by atoms with E-state index in [0.717, 1.165) is 30.6 Å². The number of esters is 1. The minimum Gasteiger partial charge on any atom is -0.485 e. The molecular formula is C22H26N2O6. The van der Waals surface area contributed by atoms with Crippen LogP contribution in [0.1, 0.15) is 36.8 Å². The lowest BCUT2D eigenvalue weighted by atomic mass is 9.69. The van der Waals surface area contributed by atoms with Gasteiger partial charge in [0.2, 0.25) is 0 Å². The summed E-state index contributed by atoms with van der Waals surface area (Å²) in [6.07, 6.45) is 4.85. The number of amides is 1. The number of nitrogens with zero attached hydrogens (tertiary/aromatic N) is 1. The lowest BCUT2D eigenvalue weighted by Gasteiger charge is -2.35. The normalized spacial score (nSPS) is 30.4. The third-order valence-electron chi connectivity index (χ3n) is 6.80. The van der Waals surface area contributed by atoms with Crippen LogP contribution in [0.3, 0.4) is 0 Å². The number of rotatable bonds is 3. The van der Waals surface area contributed by atoms with Crippen LogP contribution >= 0.6 is 0 Å². The van der Waals surface area contributed by atoms with Crippen LogP contribution in [-0.2, 0) is 21.5 Å². The predicted molar refractivity (Wildman–Crippen MR) is 106 cm³/mol. The summed E-state index contributed by atoms with van der Waals surface area (Å²) < 4.78 is 16.7. The second kappa shape index (κ2) is 6.72. The Kier molecular flexibility index (Phi) is 4.34. The van der Waals surface area contributed by atoms with Crippen molar-refractivity contribution in [2.45, 2.75) is 55.4 Å². The van der Waals surface area contributed by atoms with E-state index in [0.29, 0.717) is 30.8 Å². The minimum atomic E-state index is -0.983. The first-order valence-corrected chi connectivity index (χ1v) is 10.3. The molecule has 4 aliphatic rings. The standard InChI is InChI=1S/C22H26N2O6/c1-24-10-9-21-6-5-14(25)11-16(21)30-18-15(4-3-13(12-24)17(18)21)29-20(27)23-22(7-8-22)19(26)28-2/h3-6,14,16,25H,7-12H2,1-2H3,(H,23,27)/t14-,16-,21-/m0/s1. The van der Waals surface area contributed by atoms with E-state index in [1.807, 2.05) is 12.1 Å². The van der Waals surface area contributed by atoms with Crippen molar-refractivity contribution in [3.63, 3.8) is 0 Å². The zero-order chi connectivity index (χ0) is 21.1. The molecule has 0 unspecified atom stereocenters. The second-order valence-corrected chi connectivity index (χ2v) is 8.81. The van der Waals surface area contributed by atoms with Crippen molar-refractivity contribution in [3.05, 3.63) is 35.4 Å². The van der Waals surface area contributed by atoms with Gasteiger partial charge in [-0.3, -0.25) is 0 Å². The SMILES string of the molecule is COC(=O)C1(NC(=O)Oc2ccc3c4c2O[C@H]2C[C@@H](O)C=C[C@@]42CCN(C)C3)CC1. The van der Waals surface area contributed by atoms with Gasteiger partial charge in [0, 0.05) is 18.5 Å². The Morgan fingerprint density at radius 1 is 1.30 bits per heavy atom. The van der Waals surface area contributed by atoms with Gasteiger partial charge in [-0.1, -0.05) is 18.2 Å². The van der Waals surface area contributed by atoms with E-state index in [9.17, 15) is 14.7 Å². The average molecular weight is 414 g/mol. The van der Waals surface area contributed by atoms with E-state index in [1.54, 1.807) is 6.07 Å². The summed E-state index contributed by atoms with van der Waals surface area (Å²) in [6.45, 7) is 1.67. The molecule has 2 N–H and O–H groups in total. The molecule has 8 nitrogen and oxygen atoms in total. The first kappa shape index (κ1) is 19.4. The van der Waals surface area contributed by atoms with Crippen molar-refractivity contribution >= 4 is 12.1 Å². The predicted octanol–water partition coefficient (Wildman–Crippen LogP) is 1.64. The van der Waals surface area contributed by atoms with Crippen LogP contribution in [0.4, 0.5) is 4.79 Å². The van der Waals surface area contributed by atoms with Crippen LogP contribution in [0.2, 0.25) is 0 Å². The van der Waals surface area contributed by atoms with Gasteiger partial charge in [0.1, 0.15) is 11.6 Å². The lowest BCUT2D eigenvalue weighted by Crippen LogP contribution is -2.45. The maximum atomic E-state index is 12.6. The third kappa shape index (κ3) is 2.89. The zero-order valence-corrected chi connectivity index (χ0v) is 17.1. The number of benzene rings is 1. The summed E-state index contributed by atoms with van der Waals surface area (Å²) in [6, 6.07) is 3.72. The van der Waals surface area contributed by atoms with Gasteiger partial charge in [0.05, 0.1) is 18.6 Å². The van der Waals surface area contributed by atoms with Crippen LogP contribution in [-0.4, -0.2) is 60.5 Å². The van der Waals surface area contributed by atoms with Crippen molar-refractivity contribution in [2.24, 2.45) is 0 Å². The fraction of sp³-hybridized carbons (Fsp3) is 0.545. The van der Waals surface area contributed by atoms with Gasteiger partial charge < -0.3 is 29.5 Å². The number of hydrogen-bond donors (Lipinski definition) is 2. The molecule has 1 spiro atoms. The Morgan fingerprint density at radius 3 is 2.83 bits per heavy atom. The molecule has 0 aromatic heterocycles. The van der Waals surface area contributed by atoms with Crippen molar-refractivity contribution in [2.75, 3.05) is 20.7 Å². The van der Waals surface area contributed by atoms with Gasteiger partial charge in [-0.15, -0.1) is 0 Å². The molecular weight excluding hydrogens is 388 g/mol. The molecule has 0 radical (unpaired) electrons. The highest BCUT2D eigenvalue weighted by Gasteiger charge is 2.54. The zero-order valence-electron chi connectivity index (χ0n) is 17.1. The number of nitrogens with one attached hydrogen (secondary N) is 1. The van der Waals surface area contributed by atoms with Gasteiger partial charge >= 0.3 is 12.1 Å². The monoisotopic (exact) mass is 414 g/mol. The molecule has 1 aromatic rings. The Morgan fingerprint density at radius 2 is 2.10 bits per heavy atom. The molecule has 0 bridgehead atoms. The van der Waals surface area contributed by atoms with Crippen molar-refractivity contribution in [1.29, 1.82) is 0 Å². The molecule has 160 valence electrons. The van der Waals surface area contributed by atoms with E-state index < -0.39 is 23.7 Å². The quantitative estimate of drug-likeness (QED) is 0.573. The Balaban J connectivity index is 1.48. The van der Waals surface area contributed by atoms with Crippen LogP contribution in [0.5, 0.6) is 11.5 Å². The van der Waals surface area contributed by atoms with E-state index in [1.165, 1.54) is 7.11 Å². The summed E-state index contributed by atoms with van der Waals surface area (Å²) in [5.74, 6) is 0.423. The van der Waals surface area contributed by atoms with Gasteiger partial charge in [-0.2, -0.15) is 0 Å². The van der Waals surface area contributed by atoms with Crippen molar-refractivity contribution in [1.82, 2.24) is 10.2 Å². The minimum absolute atomic E-state index is 0.213. The van der Waals surface area contributed by atoms with Gasteiger partial charge in [0.25, 0.3) is 0 Å². The fourth-order valence-electron chi connectivity index (χ4n) is 5.02. The van der Waals surface area contributed by atoms with Crippen LogP contribution in [0.15, 0.2) is 24.3 Å². The van der Waals surface area contributed by atoms with Crippen LogP contribution in [0, 0.1) is 0 Å². The molecule has 8 heteroatoms. The molecule has 30 heavy (non-hydrogen) atoms. The fourth-order valence-corrected chi connectivity index (χ4v) is 5.02. The third-order valence-corrected chi connectivity index (χ3v) is 6.80. The highest BCUT2D eigenvalue weighted by Crippen LogP contribution is 2.55. The van der Waals surface area contributed by atoms with Gasteiger partial charge in [-0.05, 0) is 44.5 Å². The van der Waals surface area contributed by atoms with E-state index in [4.69, 9.17) is 14.2 Å². The molecule has 1 fully saturated rings. The van der Waals surface area contributed by atoms with Crippen molar-refractivity contribution in [3.8, 4) is 11.5 Å². The largest absolute Gasteiger partial charge is 0.485 e. The smallest absolute Gasteiger partial charge is 0.413 e. The molecule has 0 saturated heterocycles. The molecule has 1 amide bonds. The van der Waals surface area contributed by atoms with Crippen LogP contribution in [0.25, 0.3) is 0 Å². The summed E-state index contributed by atoms with van der Waals surface area (Å²) >= 11 is 0. The topological polar surface area (TPSA) is 97.3 Å². The summed E-state index contributed by atoms with van der Waals surface area (Å²) in [5.41, 5.74) is 0.853. The Hall–Kier alpha value is -2.58. The number of carbonyl (C=O) groups is 2.